The molecule has 11 atom stereocenters. The first-order valence-electron chi connectivity index (χ1n) is 14.9. The second-order valence-corrected chi connectivity index (χ2v) is 13.7. The molecule has 8 unspecified atom stereocenters. The lowest BCUT2D eigenvalue weighted by molar-refractivity contribution is -0.172. The molecule has 6 heteroatoms. The van der Waals surface area contributed by atoms with Gasteiger partial charge in [-0.05, 0) is 120 Å². The first-order chi connectivity index (χ1) is 17.2. The van der Waals surface area contributed by atoms with E-state index in [4.69, 9.17) is 4.52 Å². The zero-order chi connectivity index (χ0) is 27.3. The third-order valence-electron chi connectivity index (χ3n) is 10.9. The van der Waals surface area contributed by atoms with Crippen molar-refractivity contribution in [3.05, 3.63) is 0 Å². The van der Waals surface area contributed by atoms with Crippen molar-refractivity contribution >= 4 is 40.2 Å². The molecule has 1 N–H and O–H groups in total. The van der Waals surface area contributed by atoms with Crippen molar-refractivity contribution in [1.82, 2.24) is 0 Å². The van der Waals surface area contributed by atoms with Gasteiger partial charge in [0.25, 0.3) is 0 Å². The lowest BCUT2D eigenvalue weighted by Crippen LogP contribution is -2.60. The molecule has 0 aliphatic heterocycles. The molecule has 0 aromatic rings. The van der Waals surface area contributed by atoms with Crippen LogP contribution in [0.2, 0.25) is 0 Å². The molecule has 0 bridgehead atoms. The summed E-state index contributed by atoms with van der Waals surface area (Å²) >= 11 is 2.33. The van der Waals surface area contributed by atoms with Crippen LogP contribution in [0.3, 0.4) is 0 Å². The van der Waals surface area contributed by atoms with E-state index in [9.17, 15) is 14.7 Å². The maximum atomic E-state index is 14.1. The van der Waals surface area contributed by atoms with Crippen LogP contribution in [0.5, 0.6) is 0 Å². The van der Waals surface area contributed by atoms with Crippen LogP contribution in [0.4, 0.5) is 0 Å². The molecule has 0 aromatic carbocycles. The molecule has 210 valence electrons. The van der Waals surface area contributed by atoms with Gasteiger partial charge in [0.1, 0.15) is 5.78 Å². The number of rotatable bonds is 7. The fourth-order valence-electron chi connectivity index (χ4n) is 9.32. The molecule has 0 amide bonds. The largest absolute Gasteiger partial charge is 0.481 e. The summed E-state index contributed by atoms with van der Waals surface area (Å²) in [5.41, 5.74) is 0.459. The van der Waals surface area contributed by atoms with Gasteiger partial charge in [0, 0.05) is 18.3 Å². The Balaban J connectivity index is 0.00000109. The number of ketones is 1. The van der Waals surface area contributed by atoms with Crippen molar-refractivity contribution in [2.24, 2.45) is 52.3 Å². The average molecular weight is 637 g/mol. The average Bonchev–Trinajstić information content (AvgIpc) is 3.23. The number of aliphatic carboxylic acids is 1. The third kappa shape index (κ3) is 6.03. The second kappa shape index (κ2) is 14.1. The minimum atomic E-state index is -0.685. The summed E-state index contributed by atoms with van der Waals surface area (Å²) < 4.78 is 6.07. The summed E-state index contributed by atoms with van der Waals surface area (Å²) in [6.07, 6.45) is 10.5. The highest BCUT2D eigenvalue weighted by Crippen LogP contribution is 2.69. The van der Waals surface area contributed by atoms with E-state index in [0.717, 1.165) is 32.1 Å². The van der Waals surface area contributed by atoms with Gasteiger partial charge < -0.3 is 9.63 Å². The summed E-state index contributed by atoms with van der Waals surface area (Å²) in [7, 11) is 0. The molecular weight excluding hydrogens is 582 g/mol. The predicted octanol–water partition coefficient (Wildman–Crippen LogP) is 9.34. The number of carboxylic acid groups (broad SMARTS) is 1. The molecular formula is C30H54IO4P. The van der Waals surface area contributed by atoms with Gasteiger partial charge in [-0.15, -0.1) is 0 Å². The first kappa shape index (κ1) is 32.5. The predicted molar refractivity (Wildman–Crippen MR) is 161 cm³/mol. The first-order valence-corrected chi connectivity index (χ1v) is 19.0. The number of carbonyl (C=O) groups is 2. The van der Waals surface area contributed by atoms with Gasteiger partial charge in [-0.1, -0.05) is 55.4 Å². The highest BCUT2D eigenvalue weighted by molar-refractivity contribution is 14.2. The van der Waals surface area contributed by atoms with Crippen molar-refractivity contribution < 1.29 is 19.2 Å². The number of halogens is 1. The van der Waals surface area contributed by atoms with Crippen LogP contribution in [-0.2, 0) is 14.1 Å². The molecule has 4 saturated carbocycles. The minimum absolute atomic E-state index is 0.191. The van der Waals surface area contributed by atoms with Crippen molar-refractivity contribution in [1.29, 1.82) is 0 Å². The van der Waals surface area contributed by atoms with Crippen LogP contribution in [0.25, 0.3) is 0 Å². The quantitative estimate of drug-likeness (QED) is 0.224. The van der Waals surface area contributed by atoms with Crippen LogP contribution in [0.1, 0.15) is 120 Å². The van der Waals surface area contributed by atoms with E-state index < -0.39 is 5.97 Å². The highest BCUT2D eigenvalue weighted by Gasteiger charge is 2.65. The fraction of sp³-hybridized carbons (Fsp3) is 0.933. The SMILES string of the molecule is CC.CC.CC[C@H]1C(=O)C2C3CCC([C@H](C)CCC(=O)O)C3(C)CCC2C2(C)CC[C@@H](OPI)CC12. The van der Waals surface area contributed by atoms with Gasteiger partial charge in [0.15, 0.2) is 0 Å². The molecule has 0 saturated heterocycles. The van der Waals surface area contributed by atoms with E-state index in [-0.39, 0.29) is 29.1 Å². The number of Topliss-reactive ketones (excluding diaryl/α,β-unsaturated/α-hetero) is 1. The normalized spacial score (nSPS) is 42.2. The van der Waals surface area contributed by atoms with Gasteiger partial charge in [0.05, 0.1) is 12.6 Å². The molecule has 4 nitrogen and oxygen atoms in total. The number of hydrogen-bond donors (Lipinski definition) is 1. The standard InChI is InChI=1S/C26H42IO4P.2C2H6/c1-5-17-21-14-16(31-32-27)10-12-26(21,4)20-11-13-25(3)18(15(2)6-9-22(28)29)7-8-19(25)23(20)24(17)30;2*1-2/h15-21,23,32H,5-14H2,1-4H3,(H,28,29);2*1-2H3/t15-,16-,17-,18?,19?,20?,21?,23?,25?,26?;;/m1../s1. The molecule has 36 heavy (non-hydrogen) atoms. The van der Waals surface area contributed by atoms with E-state index in [2.05, 4.69) is 49.7 Å². The number of carboxylic acids is 1. The number of hydrogen-bond acceptors (Lipinski definition) is 3. The Morgan fingerprint density at radius 3 is 2.25 bits per heavy atom. The van der Waals surface area contributed by atoms with Gasteiger partial charge in [-0.3, -0.25) is 9.59 Å². The molecule has 0 radical (unpaired) electrons. The van der Waals surface area contributed by atoms with Crippen LogP contribution in [0, 0.1) is 52.3 Å². The van der Waals surface area contributed by atoms with Crippen LogP contribution >= 0.6 is 28.5 Å². The third-order valence-corrected chi connectivity index (χ3v) is 12.1. The van der Waals surface area contributed by atoms with E-state index in [1.807, 2.05) is 27.7 Å². The van der Waals surface area contributed by atoms with Crippen LogP contribution < -0.4 is 0 Å². The zero-order valence-corrected chi connectivity index (χ0v) is 27.4. The van der Waals surface area contributed by atoms with Crippen LogP contribution in [0.15, 0.2) is 0 Å². The van der Waals surface area contributed by atoms with Crippen LogP contribution in [-0.4, -0.2) is 23.0 Å². The summed E-state index contributed by atoms with van der Waals surface area (Å²) in [4.78, 5) is 25.3. The minimum Gasteiger partial charge on any atom is -0.481 e. The highest BCUT2D eigenvalue weighted by atomic mass is 127. The molecule has 0 heterocycles. The Labute approximate surface area is 236 Å². The monoisotopic (exact) mass is 636 g/mol. The van der Waals surface area contributed by atoms with Crippen molar-refractivity contribution in [3.8, 4) is 0 Å². The fourth-order valence-corrected chi connectivity index (χ4v) is 10.7. The molecule has 0 spiro atoms. The maximum absolute atomic E-state index is 14.1. The molecule has 0 aromatic heterocycles. The van der Waals surface area contributed by atoms with E-state index in [1.165, 1.54) is 25.7 Å². The van der Waals surface area contributed by atoms with Crippen molar-refractivity contribution in [3.63, 3.8) is 0 Å². The Kier molecular flexibility index (Phi) is 12.7. The topological polar surface area (TPSA) is 63.6 Å². The van der Waals surface area contributed by atoms with Gasteiger partial charge >= 0.3 is 5.97 Å². The van der Waals surface area contributed by atoms with E-state index in [0.29, 0.717) is 47.9 Å². The lowest BCUT2D eigenvalue weighted by Gasteiger charge is -2.62. The van der Waals surface area contributed by atoms with Gasteiger partial charge in [0.2, 0.25) is 0 Å². The maximum Gasteiger partial charge on any atom is 0.303 e. The second-order valence-electron chi connectivity index (χ2n) is 12.0. The smallest absolute Gasteiger partial charge is 0.303 e. The Hall–Kier alpha value is 0.260. The van der Waals surface area contributed by atoms with E-state index in [1.54, 1.807) is 0 Å². The Bertz CT molecular complexity index is 732. The molecule has 4 fully saturated rings. The number of carbonyl (C=O) groups excluding carboxylic acids is 1. The lowest BCUT2D eigenvalue weighted by atomic mass is 9.42. The Morgan fingerprint density at radius 1 is 1.06 bits per heavy atom. The summed E-state index contributed by atoms with van der Waals surface area (Å²) in [6, 6.07) is 0. The van der Waals surface area contributed by atoms with Crippen molar-refractivity contribution in [2.75, 3.05) is 0 Å². The number of fused-ring (bicyclic) bond motifs is 5. The molecule has 4 rings (SSSR count). The molecule has 4 aliphatic rings. The van der Waals surface area contributed by atoms with Crippen molar-refractivity contribution in [2.45, 2.75) is 126 Å². The summed E-state index contributed by atoms with van der Waals surface area (Å²) in [6.45, 7) is 18.0. The zero-order valence-electron chi connectivity index (χ0n) is 24.2. The summed E-state index contributed by atoms with van der Waals surface area (Å²) in [5.74, 6) is 2.77. The summed E-state index contributed by atoms with van der Waals surface area (Å²) in [5, 5.41) is 9.18. The van der Waals surface area contributed by atoms with Gasteiger partial charge in [-0.2, -0.15) is 0 Å². The van der Waals surface area contributed by atoms with Gasteiger partial charge in [-0.25, -0.2) is 0 Å². The molecule has 4 aliphatic carbocycles. The Morgan fingerprint density at radius 2 is 1.67 bits per heavy atom. The van der Waals surface area contributed by atoms with E-state index >= 15 is 0 Å².